The van der Waals surface area contributed by atoms with E-state index < -0.39 is 18.2 Å². The minimum Gasteiger partial charge on any atom is -0.494 e. The molecule has 9 heteroatoms. The number of hydrogen-bond acceptors (Lipinski definition) is 6. The first kappa shape index (κ1) is 30.4. The van der Waals surface area contributed by atoms with Crippen LogP contribution in [0.15, 0.2) is 72.8 Å². The highest BCUT2D eigenvalue weighted by atomic mass is 19.1. The molecule has 0 aliphatic heterocycles. The van der Waals surface area contributed by atoms with Crippen LogP contribution in [0, 0.1) is 12.7 Å². The fourth-order valence-electron chi connectivity index (χ4n) is 3.88. The maximum atomic E-state index is 13.1. The summed E-state index contributed by atoms with van der Waals surface area (Å²) in [5, 5.41) is 9.28. The van der Waals surface area contributed by atoms with Gasteiger partial charge in [0.05, 0.1) is 13.2 Å². The molecule has 1 N–H and O–H groups in total. The van der Waals surface area contributed by atoms with Crippen molar-refractivity contribution in [3.63, 3.8) is 0 Å². The van der Waals surface area contributed by atoms with Crippen molar-refractivity contribution < 1.29 is 38.0 Å². The molecule has 0 heterocycles. The third-order valence-corrected chi connectivity index (χ3v) is 6.07. The zero-order valence-electron chi connectivity index (χ0n) is 22.9. The summed E-state index contributed by atoms with van der Waals surface area (Å²) in [6.07, 6.45) is 0.248. The lowest BCUT2D eigenvalue weighted by Gasteiger charge is -2.22. The molecule has 0 aliphatic carbocycles. The first-order chi connectivity index (χ1) is 19.4. The lowest BCUT2D eigenvalue weighted by molar-refractivity contribution is -0.149. The van der Waals surface area contributed by atoms with E-state index >= 15 is 0 Å². The van der Waals surface area contributed by atoms with Gasteiger partial charge in [-0.1, -0.05) is 30.3 Å². The average Bonchev–Trinajstić information content (AvgIpc) is 2.94. The molecule has 8 nitrogen and oxygen atoms in total. The average molecular weight is 554 g/mol. The fourth-order valence-corrected chi connectivity index (χ4v) is 3.88. The summed E-state index contributed by atoms with van der Waals surface area (Å²) in [5.74, 6) is 0.379. The monoisotopic (exact) mass is 553 g/mol. The van der Waals surface area contributed by atoms with Crippen LogP contribution in [0.4, 0.5) is 9.18 Å². The quantitative estimate of drug-likeness (QED) is 0.221. The molecule has 0 radical (unpaired) electrons. The van der Waals surface area contributed by atoms with Crippen molar-refractivity contribution in [3.05, 3.63) is 89.7 Å². The number of aliphatic carboxylic acids is 1. The van der Waals surface area contributed by atoms with Crippen molar-refractivity contribution >= 4 is 12.1 Å². The number of halogens is 1. The maximum Gasteiger partial charge on any atom is 0.415 e. The highest BCUT2D eigenvalue weighted by molar-refractivity contribution is 5.72. The van der Waals surface area contributed by atoms with E-state index in [1.165, 1.54) is 12.1 Å². The molecule has 0 spiro atoms. The van der Waals surface area contributed by atoms with Gasteiger partial charge in [0.2, 0.25) is 0 Å². The minimum absolute atomic E-state index is 0.241. The molecule has 214 valence electrons. The molecule has 0 aromatic heterocycles. The predicted molar refractivity (Wildman–Crippen MR) is 149 cm³/mol. The van der Waals surface area contributed by atoms with Gasteiger partial charge in [-0.2, -0.15) is 0 Å². The third kappa shape index (κ3) is 10.2. The van der Waals surface area contributed by atoms with Crippen LogP contribution in [0.2, 0.25) is 0 Å². The Kier molecular flexibility index (Phi) is 12.2. The molecule has 3 aromatic rings. The van der Waals surface area contributed by atoms with Gasteiger partial charge in [-0.05, 0) is 80.3 Å². The highest BCUT2D eigenvalue weighted by Gasteiger charge is 2.19. The number of unbranched alkanes of at least 4 members (excludes halogenated alkanes) is 1. The number of carbonyl (C=O) groups excluding carboxylic acids is 1. The molecule has 0 saturated carbocycles. The van der Waals surface area contributed by atoms with Gasteiger partial charge in [0, 0.05) is 19.6 Å². The molecule has 1 unspecified atom stereocenters. The summed E-state index contributed by atoms with van der Waals surface area (Å²) < 4.78 is 35.5. The smallest absolute Gasteiger partial charge is 0.415 e. The van der Waals surface area contributed by atoms with Crippen LogP contribution in [-0.2, 0) is 16.0 Å². The van der Waals surface area contributed by atoms with Crippen LogP contribution in [0.25, 0.3) is 0 Å². The first-order valence-electron chi connectivity index (χ1n) is 13.3. The Bertz CT molecular complexity index is 1200. The summed E-state index contributed by atoms with van der Waals surface area (Å²) >= 11 is 0. The normalized spacial score (nSPS) is 11.5. The van der Waals surface area contributed by atoms with Gasteiger partial charge in [-0.25, -0.2) is 14.0 Å². The summed E-state index contributed by atoms with van der Waals surface area (Å²) in [4.78, 5) is 25.9. The number of nitrogens with zero attached hydrogens (tertiary/aromatic N) is 1. The molecule has 0 aliphatic rings. The van der Waals surface area contributed by atoms with Gasteiger partial charge in [0.25, 0.3) is 0 Å². The van der Waals surface area contributed by atoms with E-state index in [0.717, 1.165) is 11.1 Å². The summed E-state index contributed by atoms with van der Waals surface area (Å²) in [7, 11) is 0. The van der Waals surface area contributed by atoms with Crippen LogP contribution in [-0.4, -0.2) is 61.1 Å². The van der Waals surface area contributed by atoms with Gasteiger partial charge in [-0.15, -0.1) is 0 Å². The number of para-hydroxylation sites is 1. The lowest BCUT2D eigenvalue weighted by Crippen LogP contribution is -2.37. The molecule has 0 bridgehead atoms. The van der Waals surface area contributed by atoms with E-state index in [2.05, 4.69) is 0 Å². The highest BCUT2D eigenvalue weighted by Crippen LogP contribution is 2.18. The van der Waals surface area contributed by atoms with Crippen molar-refractivity contribution in [3.8, 4) is 17.2 Å². The number of carbonyl (C=O) groups is 2. The molecule has 40 heavy (non-hydrogen) atoms. The van der Waals surface area contributed by atoms with Crippen molar-refractivity contribution in [2.75, 3.05) is 32.9 Å². The molecule has 1 atom stereocenters. The molecule has 3 aromatic carbocycles. The topological polar surface area (TPSA) is 94.5 Å². The Labute approximate surface area is 234 Å². The largest absolute Gasteiger partial charge is 0.494 e. The molecular weight excluding hydrogens is 517 g/mol. The Morgan fingerprint density at radius 3 is 2.17 bits per heavy atom. The van der Waals surface area contributed by atoms with Crippen LogP contribution in [0.3, 0.4) is 0 Å². The summed E-state index contributed by atoms with van der Waals surface area (Å²) in [5.41, 5.74) is 1.67. The van der Waals surface area contributed by atoms with Gasteiger partial charge < -0.3 is 29.0 Å². The molecular formula is C31H36FNO7. The molecule has 0 fully saturated rings. The Morgan fingerprint density at radius 2 is 1.52 bits per heavy atom. The number of rotatable bonds is 16. The van der Waals surface area contributed by atoms with E-state index in [0.29, 0.717) is 56.4 Å². The second kappa shape index (κ2) is 16.1. The van der Waals surface area contributed by atoms with Crippen molar-refractivity contribution in [2.24, 2.45) is 0 Å². The predicted octanol–water partition coefficient (Wildman–Crippen LogP) is 5.91. The Morgan fingerprint density at radius 1 is 0.875 bits per heavy atom. The number of amides is 1. The lowest BCUT2D eigenvalue weighted by atomic mass is 10.1. The van der Waals surface area contributed by atoms with E-state index in [9.17, 15) is 19.1 Å². The van der Waals surface area contributed by atoms with Gasteiger partial charge in [0.15, 0.2) is 6.10 Å². The molecule has 0 saturated heterocycles. The van der Waals surface area contributed by atoms with Crippen LogP contribution in [0.1, 0.15) is 30.9 Å². The maximum absolute atomic E-state index is 13.1. The standard InChI is InChI=1S/C31H36FNO7/c1-3-37-29(30(34)35)22-24-10-14-26(15-11-24)39-21-19-33(31(36)40-28-9-5-4-8-23(28)2)18-6-7-20-38-27-16-12-25(32)13-17-27/h4-5,8-17,29H,3,6-7,18-22H2,1-2H3,(H,34,35). The SMILES string of the molecule is CCOC(Cc1ccc(OCCN(CCCCOc2ccc(F)cc2)C(=O)Oc2ccccc2C)cc1)C(=O)O. The van der Waals surface area contributed by atoms with E-state index in [1.807, 2.05) is 25.1 Å². The number of ether oxygens (including phenoxy) is 4. The number of benzene rings is 3. The number of carboxylic acids is 1. The van der Waals surface area contributed by atoms with Crippen molar-refractivity contribution in [1.29, 1.82) is 0 Å². The fraction of sp³-hybridized carbons (Fsp3) is 0.355. The van der Waals surface area contributed by atoms with Crippen molar-refractivity contribution in [1.82, 2.24) is 4.90 Å². The number of carboxylic acid groups (broad SMARTS) is 1. The third-order valence-electron chi connectivity index (χ3n) is 6.07. The second-order valence-corrected chi connectivity index (χ2v) is 9.11. The Hall–Kier alpha value is -4.11. The minimum atomic E-state index is -0.998. The first-order valence-corrected chi connectivity index (χ1v) is 13.3. The van der Waals surface area contributed by atoms with Crippen LogP contribution in [0.5, 0.6) is 17.2 Å². The zero-order chi connectivity index (χ0) is 28.7. The Balaban J connectivity index is 1.52. The summed E-state index contributed by atoms with van der Waals surface area (Å²) in [6.45, 7) is 5.37. The van der Waals surface area contributed by atoms with Gasteiger partial charge in [-0.3, -0.25) is 0 Å². The van der Waals surface area contributed by atoms with Gasteiger partial charge in [0.1, 0.15) is 29.7 Å². The molecule has 1 amide bonds. The summed E-state index contributed by atoms with van der Waals surface area (Å²) in [6, 6.07) is 20.3. The van der Waals surface area contributed by atoms with E-state index in [1.54, 1.807) is 54.3 Å². The van der Waals surface area contributed by atoms with Gasteiger partial charge >= 0.3 is 12.1 Å². The van der Waals surface area contributed by atoms with Crippen molar-refractivity contribution in [2.45, 2.75) is 39.2 Å². The number of aryl methyl sites for hydroxylation is 1. The second-order valence-electron chi connectivity index (χ2n) is 9.11. The van der Waals surface area contributed by atoms with Crippen LogP contribution >= 0.6 is 0 Å². The molecule has 3 rings (SSSR count). The van der Waals surface area contributed by atoms with Crippen LogP contribution < -0.4 is 14.2 Å². The number of hydrogen-bond donors (Lipinski definition) is 1. The van der Waals surface area contributed by atoms with E-state index in [-0.39, 0.29) is 18.8 Å². The zero-order valence-corrected chi connectivity index (χ0v) is 22.9. The van der Waals surface area contributed by atoms with E-state index in [4.69, 9.17) is 18.9 Å².